The molecule has 6 heteroatoms. The molecule has 0 aromatic heterocycles. The maximum atomic E-state index is 11.1. The smallest absolute Gasteiger partial charge is 0.221 e. The van der Waals surface area contributed by atoms with Gasteiger partial charge in [-0.05, 0) is 30.5 Å². The Labute approximate surface area is 123 Å². The minimum atomic E-state index is -0.00490. The molecular weight excluding hydrogens is 295 g/mol. The summed E-state index contributed by atoms with van der Waals surface area (Å²) in [6.45, 7) is 1.02. The quantitative estimate of drug-likeness (QED) is 0.794. The summed E-state index contributed by atoms with van der Waals surface area (Å²) < 4.78 is 0. The summed E-state index contributed by atoms with van der Waals surface area (Å²) in [6.07, 6.45) is 2.04. The molecule has 0 heterocycles. The van der Waals surface area contributed by atoms with Gasteiger partial charge in [0.2, 0.25) is 5.91 Å². The third kappa shape index (κ3) is 6.45. The topological polar surface area (TPSA) is 55.1 Å². The maximum absolute atomic E-state index is 11.1. The summed E-state index contributed by atoms with van der Waals surface area (Å²) in [5.74, 6) is -0.00490. The van der Waals surface area contributed by atoms with Gasteiger partial charge in [0.1, 0.15) is 0 Å². The van der Waals surface area contributed by atoms with Crippen molar-refractivity contribution >= 4 is 41.5 Å². The van der Waals surface area contributed by atoms with E-state index in [1.165, 1.54) is 0 Å². The predicted molar refractivity (Wildman–Crippen MR) is 78.7 cm³/mol. The van der Waals surface area contributed by atoms with Crippen LogP contribution in [0.4, 0.5) is 0 Å². The number of halogens is 3. The Morgan fingerprint density at radius 1 is 1.33 bits per heavy atom. The van der Waals surface area contributed by atoms with Crippen LogP contribution in [-0.2, 0) is 11.2 Å². The molecule has 1 rings (SSSR count). The maximum Gasteiger partial charge on any atom is 0.221 e. The van der Waals surface area contributed by atoms with Crippen molar-refractivity contribution in [2.75, 3.05) is 13.1 Å². The Morgan fingerprint density at radius 3 is 2.67 bits per heavy atom. The van der Waals surface area contributed by atoms with Crippen molar-refractivity contribution in [3.05, 3.63) is 33.8 Å². The second-order valence-electron chi connectivity index (χ2n) is 3.73. The first-order chi connectivity index (χ1) is 8.13. The normalized spacial score (nSPS) is 9.72. The number of hydrogen-bond donors (Lipinski definition) is 2. The first-order valence-corrected chi connectivity index (χ1v) is 6.29. The Kier molecular flexibility index (Phi) is 9.20. The highest BCUT2D eigenvalue weighted by Gasteiger charge is 2.02. The van der Waals surface area contributed by atoms with Crippen molar-refractivity contribution in [3.63, 3.8) is 0 Å². The van der Waals surface area contributed by atoms with Gasteiger partial charge in [0.15, 0.2) is 0 Å². The number of carbonyl (C=O) groups is 1. The lowest BCUT2D eigenvalue weighted by Gasteiger charge is -2.06. The van der Waals surface area contributed by atoms with E-state index in [2.05, 4.69) is 5.32 Å². The second-order valence-corrected chi connectivity index (χ2v) is 4.57. The van der Waals surface area contributed by atoms with E-state index in [0.717, 1.165) is 18.4 Å². The molecule has 0 saturated heterocycles. The highest BCUT2D eigenvalue weighted by atomic mass is 35.5. The van der Waals surface area contributed by atoms with Crippen LogP contribution in [0.15, 0.2) is 18.2 Å². The molecule has 0 atom stereocenters. The minimum Gasteiger partial charge on any atom is -0.356 e. The van der Waals surface area contributed by atoms with Gasteiger partial charge in [-0.2, -0.15) is 0 Å². The van der Waals surface area contributed by atoms with Crippen LogP contribution in [0.25, 0.3) is 0 Å². The summed E-state index contributed by atoms with van der Waals surface area (Å²) in [4.78, 5) is 11.1. The molecular formula is C12H17Cl3N2O. The van der Waals surface area contributed by atoms with Crippen LogP contribution in [0.1, 0.15) is 18.4 Å². The SMILES string of the molecule is Cl.NCCC(=O)NCCCc1ccc(Cl)cc1Cl. The highest BCUT2D eigenvalue weighted by molar-refractivity contribution is 6.35. The van der Waals surface area contributed by atoms with Gasteiger partial charge >= 0.3 is 0 Å². The van der Waals surface area contributed by atoms with Crippen molar-refractivity contribution in [3.8, 4) is 0 Å². The van der Waals surface area contributed by atoms with E-state index >= 15 is 0 Å². The van der Waals surface area contributed by atoms with Gasteiger partial charge < -0.3 is 11.1 Å². The number of rotatable bonds is 6. The van der Waals surface area contributed by atoms with Crippen LogP contribution in [0.5, 0.6) is 0 Å². The van der Waals surface area contributed by atoms with Crippen LogP contribution >= 0.6 is 35.6 Å². The number of hydrogen-bond acceptors (Lipinski definition) is 2. The molecule has 0 saturated carbocycles. The van der Waals surface area contributed by atoms with Gasteiger partial charge in [-0.3, -0.25) is 4.79 Å². The van der Waals surface area contributed by atoms with Crippen molar-refractivity contribution in [1.29, 1.82) is 0 Å². The van der Waals surface area contributed by atoms with Crippen LogP contribution in [0.2, 0.25) is 10.0 Å². The third-order valence-electron chi connectivity index (χ3n) is 2.33. The van der Waals surface area contributed by atoms with Crippen molar-refractivity contribution in [1.82, 2.24) is 5.32 Å². The van der Waals surface area contributed by atoms with Gasteiger partial charge in [-0.1, -0.05) is 29.3 Å². The molecule has 102 valence electrons. The van der Waals surface area contributed by atoms with Gasteiger partial charge in [-0.25, -0.2) is 0 Å². The predicted octanol–water partition coefficient (Wildman–Crippen LogP) is 2.81. The van der Waals surface area contributed by atoms with Gasteiger partial charge in [0.05, 0.1) is 0 Å². The minimum absolute atomic E-state index is 0. The molecule has 3 nitrogen and oxygen atoms in total. The van der Waals surface area contributed by atoms with E-state index in [1.54, 1.807) is 6.07 Å². The summed E-state index contributed by atoms with van der Waals surface area (Å²) in [5, 5.41) is 4.10. The number of carbonyl (C=O) groups excluding carboxylic acids is 1. The van der Waals surface area contributed by atoms with E-state index < -0.39 is 0 Å². The molecule has 0 bridgehead atoms. The van der Waals surface area contributed by atoms with E-state index in [-0.39, 0.29) is 18.3 Å². The summed E-state index contributed by atoms with van der Waals surface area (Å²) >= 11 is 11.8. The standard InChI is InChI=1S/C12H16Cl2N2O.ClH/c13-10-4-3-9(11(14)8-10)2-1-7-16-12(17)5-6-15;/h3-4,8H,1-2,5-7,15H2,(H,16,17);1H. The number of nitrogens with two attached hydrogens (primary N) is 1. The molecule has 3 N–H and O–H groups in total. The fraction of sp³-hybridized carbons (Fsp3) is 0.417. The molecule has 18 heavy (non-hydrogen) atoms. The van der Waals surface area contributed by atoms with Crippen molar-refractivity contribution < 1.29 is 4.79 Å². The number of benzene rings is 1. The van der Waals surface area contributed by atoms with Gasteiger partial charge in [0, 0.05) is 29.6 Å². The molecule has 1 aromatic rings. The molecule has 0 radical (unpaired) electrons. The van der Waals surface area contributed by atoms with E-state index in [9.17, 15) is 4.79 Å². The molecule has 0 spiro atoms. The van der Waals surface area contributed by atoms with Crippen LogP contribution in [0.3, 0.4) is 0 Å². The zero-order valence-corrected chi connectivity index (χ0v) is 12.2. The van der Waals surface area contributed by atoms with E-state index in [1.807, 2.05) is 12.1 Å². The molecule has 1 aromatic carbocycles. The Bertz CT molecular complexity index is 386. The first kappa shape index (κ1) is 17.5. The molecule has 1 amide bonds. The number of nitrogens with one attached hydrogen (secondary N) is 1. The van der Waals surface area contributed by atoms with Crippen molar-refractivity contribution in [2.24, 2.45) is 5.73 Å². The van der Waals surface area contributed by atoms with Gasteiger partial charge in [0.25, 0.3) is 0 Å². The molecule has 0 aliphatic rings. The molecule has 0 fully saturated rings. The average Bonchev–Trinajstić information content (AvgIpc) is 2.27. The summed E-state index contributed by atoms with van der Waals surface area (Å²) in [6, 6.07) is 5.45. The number of amides is 1. The summed E-state index contributed by atoms with van der Waals surface area (Å²) in [7, 11) is 0. The average molecular weight is 312 g/mol. The van der Waals surface area contributed by atoms with Crippen molar-refractivity contribution in [2.45, 2.75) is 19.3 Å². The lowest BCUT2D eigenvalue weighted by atomic mass is 10.1. The fourth-order valence-corrected chi connectivity index (χ4v) is 1.95. The zero-order valence-electron chi connectivity index (χ0n) is 9.92. The van der Waals surface area contributed by atoms with Crippen LogP contribution < -0.4 is 11.1 Å². The Balaban J connectivity index is 0.00000289. The second kappa shape index (κ2) is 9.45. The highest BCUT2D eigenvalue weighted by Crippen LogP contribution is 2.21. The molecule has 0 aliphatic heterocycles. The molecule has 0 aliphatic carbocycles. The first-order valence-electron chi connectivity index (χ1n) is 5.54. The Hall–Kier alpha value is -0.480. The van der Waals surface area contributed by atoms with E-state index in [0.29, 0.717) is 29.6 Å². The van der Waals surface area contributed by atoms with Crippen LogP contribution in [0, 0.1) is 0 Å². The summed E-state index contributed by atoms with van der Waals surface area (Å²) in [5.41, 5.74) is 6.31. The molecule has 0 unspecified atom stereocenters. The van der Waals surface area contributed by atoms with E-state index in [4.69, 9.17) is 28.9 Å². The monoisotopic (exact) mass is 310 g/mol. The zero-order chi connectivity index (χ0) is 12.7. The van der Waals surface area contributed by atoms with Crippen LogP contribution in [-0.4, -0.2) is 19.0 Å². The van der Waals surface area contributed by atoms with Gasteiger partial charge in [-0.15, -0.1) is 12.4 Å². The third-order valence-corrected chi connectivity index (χ3v) is 2.92. The fourth-order valence-electron chi connectivity index (χ4n) is 1.45. The lowest BCUT2D eigenvalue weighted by molar-refractivity contribution is -0.120. The number of aryl methyl sites for hydroxylation is 1. The Morgan fingerprint density at radius 2 is 2.06 bits per heavy atom. The lowest BCUT2D eigenvalue weighted by Crippen LogP contribution is -2.26. The largest absolute Gasteiger partial charge is 0.356 e.